The number of hydrogen-bond donors (Lipinski definition) is 2. The van der Waals surface area contributed by atoms with Gasteiger partial charge in [-0.05, 0) is 36.3 Å². The highest BCUT2D eigenvalue weighted by Crippen LogP contribution is 2.38. The molecule has 0 fully saturated rings. The van der Waals surface area contributed by atoms with Gasteiger partial charge in [-0.25, -0.2) is 0 Å². The second-order valence-corrected chi connectivity index (χ2v) is 5.77. The zero-order valence-corrected chi connectivity index (χ0v) is 15.8. The van der Waals surface area contributed by atoms with Gasteiger partial charge in [0.25, 0.3) is 5.91 Å². The predicted octanol–water partition coefficient (Wildman–Crippen LogP) is 2.56. The molecule has 0 atom stereocenters. The molecule has 6 nitrogen and oxygen atoms in total. The average molecular weight is 374 g/mol. The quantitative estimate of drug-likeness (QED) is 0.726. The zero-order valence-electron chi connectivity index (χ0n) is 15.0. The normalized spacial score (nSPS) is 9.96. The number of carbonyl (C=O) groups excluding carboxylic acids is 1. The van der Waals surface area contributed by atoms with Gasteiger partial charge in [-0.15, -0.1) is 0 Å². The number of hydrogen-bond acceptors (Lipinski definition) is 5. The van der Waals surface area contributed by atoms with Crippen molar-refractivity contribution in [3.63, 3.8) is 0 Å². The molecule has 0 aliphatic rings. The molecule has 0 unspecified atom stereocenters. The Morgan fingerprint density at radius 3 is 2.15 bits per heavy atom. The molecule has 0 saturated heterocycles. The highest BCUT2D eigenvalue weighted by atomic mass is 32.1. The maximum absolute atomic E-state index is 12.4. The summed E-state index contributed by atoms with van der Waals surface area (Å²) < 4.78 is 15.8. The number of methoxy groups -OCH3 is 3. The molecule has 0 aliphatic heterocycles. The van der Waals surface area contributed by atoms with E-state index in [4.69, 9.17) is 26.4 Å². The van der Waals surface area contributed by atoms with Gasteiger partial charge in [0.15, 0.2) is 16.6 Å². The van der Waals surface area contributed by atoms with E-state index < -0.39 is 0 Å². The molecule has 138 valence electrons. The van der Waals surface area contributed by atoms with Gasteiger partial charge in [-0.3, -0.25) is 10.1 Å². The molecular weight excluding hydrogens is 352 g/mol. The molecular formula is C19H22N2O4S. The number of nitrogens with one attached hydrogen (secondary N) is 2. The molecule has 0 spiro atoms. The van der Waals surface area contributed by atoms with Crippen LogP contribution in [0.15, 0.2) is 42.5 Å². The number of amides is 1. The van der Waals surface area contributed by atoms with Crippen molar-refractivity contribution >= 4 is 23.2 Å². The van der Waals surface area contributed by atoms with Crippen LogP contribution in [0.25, 0.3) is 0 Å². The second kappa shape index (κ2) is 9.62. The van der Waals surface area contributed by atoms with E-state index in [1.165, 1.54) is 26.9 Å². The lowest BCUT2D eigenvalue weighted by Gasteiger charge is -2.14. The molecule has 0 radical (unpaired) electrons. The summed E-state index contributed by atoms with van der Waals surface area (Å²) in [5.41, 5.74) is 1.55. The molecule has 0 aromatic heterocycles. The molecule has 7 heteroatoms. The van der Waals surface area contributed by atoms with Gasteiger partial charge in [0, 0.05) is 12.1 Å². The summed E-state index contributed by atoms with van der Waals surface area (Å²) in [6.07, 6.45) is 0.807. The van der Waals surface area contributed by atoms with E-state index >= 15 is 0 Å². The van der Waals surface area contributed by atoms with Crippen molar-refractivity contribution in [1.82, 2.24) is 10.6 Å². The summed E-state index contributed by atoms with van der Waals surface area (Å²) in [7, 11) is 4.50. The van der Waals surface area contributed by atoms with Crippen LogP contribution in [-0.4, -0.2) is 38.9 Å². The van der Waals surface area contributed by atoms with Crippen LogP contribution < -0.4 is 24.8 Å². The van der Waals surface area contributed by atoms with Crippen LogP contribution in [-0.2, 0) is 6.42 Å². The van der Waals surface area contributed by atoms with E-state index in [1.54, 1.807) is 12.1 Å². The summed E-state index contributed by atoms with van der Waals surface area (Å²) in [5, 5.41) is 5.94. The Kier molecular flexibility index (Phi) is 7.23. The van der Waals surface area contributed by atoms with Crippen LogP contribution >= 0.6 is 12.2 Å². The molecule has 0 saturated carbocycles. The first kappa shape index (κ1) is 19.5. The molecule has 0 bridgehead atoms. The van der Waals surface area contributed by atoms with Crippen molar-refractivity contribution < 1.29 is 19.0 Å². The molecule has 2 rings (SSSR count). The summed E-state index contributed by atoms with van der Waals surface area (Å²) in [5.74, 6) is 0.872. The molecule has 1 amide bonds. The Bertz CT molecular complexity index is 740. The Hall–Kier alpha value is -2.80. The minimum absolute atomic E-state index is 0.264. The van der Waals surface area contributed by atoms with Crippen LogP contribution in [0.5, 0.6) is 17.2 Å². The first-order valence-corrected chi connectivity index (χ1v) is 8.43. The predicted molar refractivity (Wildman–Crippen MR) is 104 cm³/mol. The summed E-state index contributed by atoms with van der Waals surface area (Å²) >= 11 is 5.19. The van der Waals surface area contributed by atoms with E-state index in [0.29, 0.717) is 29.4 Å². The van der Waals surface area contributed by atoms with Crippen molar-refractivity contribution in [3.05, 3.63) is 53.6 Å². The summed E-state index contributed by atoms with van der Waals surface area (Å²) in [6.45, 7) is 0.623. The fourth-order valence-electron chi connectivity index (χ4n) is 2.40. The van der Waals surface area contributed by atoms with Crippen molar-refractivity contribution in [2.45, 2.75) is 6.42 Å². The highest BCUT2D eigenvalue weighted by Gasteiger charge is 2.17. The maximum Gasteiger partial charge on any atom is 0.257 e. The molecule has 2 N–H and O–H groups in total. The number of thiocarbonyl (C=S) groups is 1. The summed E-state index contributed by atoms with van der Waals surface area (Å²) in [4.78, 5) is 12.4. The highest BCUT2D eigenvalue weighted by molar-refractivity contribution is 7.80. The van der Waals surface area contributed by atoms with Gasteiger partial charge < -0.3 is 19.5 Å². The van der Waals surface area contributed by atoms with Crippen LogP contribution in [0.3, 0.4) is 0 Å². The van der Waals surface area contributed by atoms with Gasteiger partial charge in [-0.2, -0.15) is 0 Å². The van der Waals surface area contributed by atoms with E-state index in [9.17, 15) is 4.79 Å². The number of ether oxygens (including phenoxy) is 3. The number of rotatable bonds is 7. The molecule has 0 aliphatic carbocycles. The third-order valence-corrected chi connectivity index (χ3v) is 3.94. The summed E-state index contributed by atoms with van der Waals surface area (Å²) in [6, 6.07) is 13.2. The molecule has 0 heterocycles. The minimum Gasteiger partial charge on any atom is -0.493 e. The third kappa shape index (κ3) is 5.10. The Balaban J connectivity index is 1.97. The standard InChI is InChI=1S/C19H22N2O4S/c1-23-15-11-14(12-16(24-2)17(15)25-3)18(22)21-19(26)20-10-9-13-7-5-4-6-8-13/h4-8,11-12H,9-10H2,1-3H3,(H2,20,21,22,26). The van der Waals surface area contributed by atoms with Crippen LogP contribution in [0.4, 0.5) is 0 Å². The minimum atomic E-state index is -0.360. The fraction of sp³-hybridized carbons (Fsp3) is 0.263. The van der Waals surface area contributed by atoms with Crippen LogP contribution in [0.2, 0.25) is 0 Å². The molecule has 2 aromatic rings. The smallest absolute Gasteiger partial charge is 0.257 e. The van der Waals surface area contributed by atoms with Gasteiger partial charge in [0.2, 0.25) is 5.75 Å². The van der Waals surface area contributed by atoms with Crippen LogP contribution in [0.1, 0.15) is 15.9 Å². The topological polar surface area (TPSA) is 68.8 Å². The zero-order chi connectivity index (χ0) is 18.9. The van der Waals surface area contributed by atoms with Gasteiger partial charge in [0.1, 0.15) is 0 Å². The SMILES string of the molecule is COc1cc(C(=O)NC(=S)NCCc2ccccc2)cc(OC)c1OC. The van der Waals surface area contributed by atoms with Gasteiger partial charge in [0.05, 0.1) is 21.3 Å². The average Bonchev–Trinajstić information content (AvgIpc) is 2.67. The Morgan fingerprint density at radius 1 is 1.00 bits per heavy atom. The maximum atomic E-state index is 12.4. The Labute approximate surface area is 158 Å². The lowest BCUT2D eigenvalue weighted by Crippen LogP contribution is -2.40. The largest absolute Gasteiger partial charge is 0.493 e. The lowest BCUT2D eigenvalue weighted by molar-refractivity contribution is 0.0976. The van der Waals surface area contributed by atoms with E-state index in [-0.39, 0.29) is 11.0 Å². The fourth-order valence-corrected chi connectivity index (χ4v) is 2.59. The van der Waals surface area contributed by atoms with Crippen molar-refractivity contribution in [2.75, 3.05) is 27.9 Å². The number of carbonyl (C=O) groups is 1. The third-order valence-electron chi connectivity index (χ3n) is 3.70. The van der Waals surface area contributed by atoms with Crippen molar-refractivity contribution in [1.29, 1.82) is 0 Å². The van der Waals surface area contributed by atoms with Crippen molar-refractivity contribution in [2.24, 2.45) is 0 Å². The van der Waals surface area contributed by atoms with Gasteiger partial charge in [-0.1, -0.05) is 30.3 Å². The monoisotopic (exact) mass is 374 g/mol. The lowest BCUT2D eigenvalue weighted by atomic mass is 10.1. The van der Waals surface area contributed by atoms with E-state index in [0.717, 1.165) is 6.42 Å². The van der Waals surface area contributed by atoms with Crippen LogP contribution in [0, 0.1) is 0 Å². The van der Waals surface area contributed by atoms with Crippen molar-refractivity contribution in [3.8, 4) is 17.2 Å². The second-order valence-electron chi connectivity index (χ2n) is 5.36. The molecule has 26 heavy (non-hydrogen) atoms. The first-order chi connectivity index (χ1) is 12.6. The van der Waals surface area contributed by atoms with E-state index in [2.05, 4.69) is 10.6 Å². The van der Waals surface area contributed by atoms with E-state index in [1.807, 2.05) is 30.3 Å². The Morgan fingerprint density at radius 2 is 1.62 bits per heavy atom. The molecule has 2 aromatic carbocycles. The first-order valence-electron chi connectivity index (χ1n) is 8.02. The number of benzene rings is 2. The van der Waals surface area contributed by atoms with Gasteiger partial charge >= 0.3 is 0 Å².